The fourth-order valence-corrected chi connectivity index (χ4v) is 2.26. The van der Waals surface area contributed by atoms with Gasteiger partial charge in [-0.25, -0.2) is 10.3 Å². The number of hydrogen-bond acceptors (Lipinski definition) is 5. The molecule has 0 heterocycles. The second kappa shape index (κ2) is 10.2. The van der Waals surface area contributed by atoms with Gasteiger partial charge in [-0.05, 0) is 44.8 Å². The maximum absolute atomic E-state index is 12.2. The van der Waals surface area contributed by atoms with Crippen molar-refractivity contribution in [1.82, 2.24) is 10.8 Å². The van der Waals surface area contributed by atoms with E-state index in [1.807, 2.05) is 36.6 Å². The van der Waals surface area contributed by atoms with Crippen molar-refractivity contribution in [2.45, 2.75) is 45.4 Å². The molecule has 1 aromatic rings. The zero-order valence-corrected chi connectivity index (χ0v) is 15.4. The van der Waals surface area contributed by atoms with Crippen LogP contribution in [-0.2, 0) is 21.0 Å². The number of hydroxylamine groups is 1. The van der Waals surface area contributed by atoms with Crippen LogP contribution in [0.3, 0.4) is 0 Å². The van der Waals surface area contributed by atoms with Crippen molar-refractivity contribution in [3.05, 3.63) is 35.9 Å². The van der Waals surface area contributed by atoms with E-state index in [0.29, 0.717) is 6.42 Å². The number of hydrogen-bond donors (Lipinski definition) is 2. The molecule has 2 amide bonds. The van der Waals surface area contributed by atoms with Gasteiger partial charge >= 0.3 is 6.09 Å². The highest BCUT2D eigenvalue weighted by molar-refractivity contribution is 7.98. The van der Waals surface area contributed by atoms with Crippen molar-refractivity contribution in [1.29, 1.82) is 0 Å². The quantitative estimate of drug-likeness (QED) is 0.702. The number of carbonyl (C=O) groups is 2. The monoisotopic (exact) mass is 354 g/mol. The Labute approximate surface area is 147 Å². The molecule has 0 aliphatic carbocycles. The highest BCUT2D eigenvalue weighted by atomic mass is 32.2. The molecule has 1 rings (SSSR count). The first-order chi connectivity index (χ1) is 11.3. The summed E-state index contributed by atoms with van der Waals surface area (Å²) < 4.78 is 5.19. The fraction of sp³-hybridized carbons (Fsp3) is 0.529. The molecule has 24 heavy (non-hydrogen) atoms. The van der Waals surface area contributed by atoms with Crippen molar-refractivity contribution in [2.24, 2.45) is 0 Å². The number of rotatable bonds is 8. The molecule has 0 spiro atoms. The third kappa shape index (κ3) is 8.79. The van der Waals surface area contributed by atoms with Gasteiger partial charge in [0.05, 0.1) is 6.61 Å². The summed E-state index contributed by atoms with van der Waals surface area (Å²) in [7, 11) is 0. The Bertz CT molecular complexity index is 517. The van der Waals surface area contributed by atoms with Crippen LogP contribution in [0.15, 0.2) is 30.3 Å². The van der Waals surface area contributed by atoms with Gasteiger partial charge in [-0.3, -0.25) is 9.63 Å². The second-order valence-electron chi connectivity index (χ2n) is 6.22. The molecule has 0 aromatic heterocycles. The van der Waals surface area contributed by atoms with Gasteiger partial charge in [0, 0.05) is 0 Å². The van der Waals surface area contributed by atoms with Gasteiger partial charge in [0.15, 0.2) is 0 Å². The molecule has 2 N–H and O–H groups in total. The molecule has 1 aromatic carbocycles. The molecule has 6 nitrogen and oxygen atoms in total. The van der Waals surface area contributed by atoms with Crippen LogP contribution in [0.25, 0.3) is 0 Å². The molecular weight excluding hydrogens is 328 g/mol. The van der Waals surface area contributed by atoms with Crippen molar-refractivity contribution < 1.29 is 19.2 Å². The van der Waals surface area contributed by atoms with E-state index >= 15 is 0 Å². The molecule has 0 saturated carbocycles. The summed E-state index contributed by atoms with van der Waals surface area (Å²) in [5.41, 5.74) is 2.72. The normalized spacial score (nSPS) is 12.3. The van der Waals surface area contributed by atoms with E-state index in [-0.39, 0.29) is 6.61 Å². The molecule has 0 saturated heterocycles. The van der Waals surface area contributed by atoms with Crippen molar-refractivity contribution in [3.8, 4) is 0 Å². The zero-order chi connectivity index (χ0) is 18.0. The van der Waals surface area contributed by atoms with Crippen molar-refractivity contribution in [3.63, 3.8) is 0 Å². The number of ether oxygens (including phenoxy) is 1. The van der Waals surface area contributed by atoms with Crippen LogP contribution < -0.4 is 10.8 Å². The van der Waals surface area contributed by atoms with Crippen LogP contribution in [0.1, 0.15) is 32.8 Å². The minimum absolute atomic E-state index is 0.258. The topological polar surface area (TPSA) is 76.7 Å². The Hall–Kier alpha value is -1.73. The number of amides is 2. The maximum Gasteiger partial charge on any atom is 0.408 e. The lowest BCUT2D eigenvalue weighted by Crippen LogP contribution is -2.48. The largest absolute Gasteiger partial charge is 0.444 e. The number of alkyl carbamates (subject to hydrolysis) is 1. The standard InChI is InChI=1S/C17H26N2O4S/c1-17(2,3)23-16(21)18-14(10-11-24-4)15(20)19-22-12-13-8-6-5-7-9-13/h5-9,14H,10-12H2,1-4H3,(H,18,21)(H,19,20)/t14-/m1/s1. The van der Waals surface area contributed by atoms with E-state index in [1.165, 1.54) is 0 Å². The van der Waals surface area contributed by atoms with Crippen molar-refractivity contribution in [2.75, 3.05) is 12.0 Å². The summed E-state index contributed by atoms with van der Waals surface area (Å²) in [5, 5.41) is 2.59. The van der Waals surface area contributed by atoms with Crippen LogP contribution in [0.5, 0.6) is 0 Å². The van der Waals surface area contributed by atoms with Gasteiger partial charge in [-0.2, -0.15) is 11.8 Å². The average Bonchev–Trinajstić information content (AvgIpc) is 2.50. The van der Waals surface area contributed by atoms with Crippen LogP contribution in [0.4, 0.5) is 4.79 Å². The Balaban J connectivity index is 2.49. The van der Waals surface area contributed by atoms with Gasteiger partial charge in [-0.15, -0.1) is 0 Å². The van der Waals surface area contributed by atoms with E-state index in [1.54, 1.807) is 32.5 Å². The van der Waals surface area contributed by atoms with E-state index in [0.717, 1.165) is 11.3 Å². The molecule has 1 atom stereocenters. The lowest BCUT2D eigenvalue weighted by atomic mass is 10.2. The highest BCUT2D eigenvalue weighted by Gasteiger charge is 2.24. The van der Waals surface area contributed by atoms with E-state index < -0.39 is 23.6 Å². The zero-order valence-electron chi connectivity index (χ0n) is 14.6. The van der Waals surface area contributed by atoms with Gasteiger partial charge in [-0.1, -0.05) is 30.3 Å². The van der Waals surface area contributed by atoms with Crippen molar-refractivity contribution >= 4 is 23.8 Å². The molecule has 0 radical (unpaired) electrons. The summed E-state index contributed by atoms with van der Waals surface area (Å²) in [6.45, 7) is 5.57. The van der Waals surface area contributed by atoms with Gasteiger partial charge in [0.1, 0.15) is 11.6 Å². The number of nitrogens with one attached hydrogen (secondary N) is 2. The first kappa shape index (κ1) is 20.3. The second-order valence-corrected chi connectivity index (χ2v) is 7.21. The number of carbonyl (C=O) groups excluding carboxylic acids is 2. The summed E-state index contributed by atoms with van der Waals surface area (Å²) in [6, 6.07) is 8.79. The van der Waals surface area contributed by atoms with E-state index in [4.69, 9.17) is 9.57 Å². The molecule has 7 heteroatoms. The summed E-state index contributed by atoms with van der Waals surface area (Å²) in [4.78, 5) is 29.3. The lowest BCUT2D eigenvalue weighted by molar-refractivity contribution is -0.136. The first-order valence-electron chi connectivity index (χ1n) is 7.76. The van der Waals surface area contributed by atoms with Crippen LogP contribution in [0.2, 0.25) is 0 Å². The van der Waals surface area contributed by atoms with E-state index in [9.17, 15) is 9.59 Å². The van der Waals surface area contributed by atoms with Crippen LogP contribution in [-0.4, -0.2) is 35.7 Å². The third-order valence-electron chi connectivity index (χ3n) is 2.87. The van der Waals surface area contributed by atoms with Gasteiger partial charge in [0.25, 0.3) is 5.91 Å². The predicted octanol–water partition coefficient (Wildman–Crippen LogP) is 2.88. The molecule has 0 aliphatic rings. The Morgan fingerprint density at radius 3 is 2.46 bits per heavy atom. The fourth-order valence-electron chi connectivity index (χ4n) is 1.79. The minimum atomic E-state index is -0.705. The average molecular weight is 354 g/mol. The summed E-state index contributed by atoms with van der Waals surface area (Å²) >= 11 is 1.60. The molecular formula is C17H26N2O4S. The molecule has 134 valence electrons. The first-order valence-corrected chi connectivity index (χ1v) is 9.15. The SMILES string of the molecule is CSCC[C@@H](NC(=O)OC(C)(C)C)C(=O)NOCc1ccccc1. The van der Waals surface area contributed by atoms with Crippen LogP contribution >= 0.6 is 11.8 Å². The maximum atomic E-state index is 12.2. The van der Waals surface area contributed by atoms with Crippen LogP contribution in [0, 0.1) is 0 Å². The summed E-state index contributed by atoms with van der Waals surface area (Å²) in [6.07, 6.45) is 1.81. The number of benzene rings is 1. The van der Waals surface area contributed by atoms with E-state index in [2.05, 4.69) is 10.8 Å². The molecule has 0 fully saturated rings. The molecule has 0 bridgehead atoms. The predicted molar refractivity (Wildman–Crippen MR) is 95.5 cm³/mol. The lowest BCUT2D eigenvalue weighted by Gasteiger charge is -2.23. The third-order valence-corrected chi connectivity index (χ3v) is 3.52. The Kier molecular flexibility index (Phi) is 8.63. The highest BCUT2D eigenvalue weighted by Crippen LogP contribution is 2.08. The Morgan fingerprint density at radius 2 is 1.88 bits per heavy atom. The minimum Gasteiger partial charge on any atom is -0.444 e. The smallest absolute Gasteiger partial charge is 0.408 e. The van der Waals surface area contributed by atoms with Gasteiger partial charge < -0.3 is 10.1 Å². The molecule has 0 unspecified atom stereocenters. The Morgan fingerprint density at radius 1 is 1.21 bits per heavy atom. The number of thioether (sulfide) groups is 1. The summed E-state index contributed by atoms with van der Waals surface area (Å²) in [5.74, 6) is 0.331. The van der Waals surface area contributed by atoms with Gasteiger partial charge in [0.2, 0.25) is 0 Å². The molecule has 0 aliphatic heterocycles.